The van der Waals surface area contributed by atoms with Crippen LogP contribution in [-0.2, 0) is 6.54 Å². The Morgan fingerprint density at radius 3 is 2.58 bits per heavy atom. The number of rotatable bonds is 4. The van der Waals surface area contributed by atoms with E-state index in [4.69, 9.17) is 23.1 Å². The zero-order chi connectivity index (χ0) is 13.8. The van der Waals surface area contributed by atoms with Gasteiger partial charge < -0.3 is 16.8 Å². The molecule has 6 nitrogen and oxygen atoms in total. The Morgan fingerprint density at radius 1 is 1.26 bits per heavy atom. The first-order chi connectivity index (χ1) is 9.08. The molecule has 0 saturated heterocycles. The van der Waals surface area contributed by atoms with Crippen molar-refractivity contribution in [1.29, 1.82) is 0 Å². The topological polar surface area (TPSA) is 107 Å². The lowest BCUT2D eigenvalue weighted by Gasteiger charge is -2.08. The van der Waals surface area contributed by atoms with Gasteiger partial charge in [-0.15, -0.1) is 0 Å². The highest BCUT2D eigenvalue weighted by molar-refractivity contribution is 6.32. The number of nitrogens with zero attached hydrogens (tertiary/aromatic N) is 2. The lowest BCUT2D eigenvalue weighted by Crippen LogP contribution is -2.11. The summed E-state index contributed by atoms with van der Waals surface area (Å²) in [5.74, 6) is 0.0188. The van der Waals surface area contributed by atoms with Crippen molar-refractivity contribution < 1.29 is 4.79 Å². The summed E-state index contributed by atoms with van der Waals surface area (Å²) in [6, 6.07) is 6.92. The minimum Gasteiger partial charge on any atom is -0.393 e. The third-order valence-electron chi connectivity index (χ3n) is 2.53. The third-order valence-corrected chi connectivity index (χ3v) is 2.83. The molecule has 1 aromatic heterocycles. The lowest BCUT2D eigenvalue weighted by atomic mass is 10.1. The molecule has 1 aromatic carbocycles. The molecular formula is C12H12ClN5O. The van der Waals surface area contributed by atoms with Gasteiger partial charge >= 0.3 is 0 Å². The maximum Gasteiger partial charge on any atom is 0.248 e. The summed E-state index contributed by atoms with van der Waals surface area (Å²) in [4.78, 5) is 18.7. The Morgan fingerprint density at radius 2 is 1.95 bits per heavy atom. The van der Waals surface area contributed by atoms with Crippen molar-refractivity contribution in [2.24, 2.45) is 5.73 Å². The van der Waals surface area contributed by atoms with Crippen molar-refractivity contribution in [2.75, 3.05) is 11.1 Å². The molecule has 0 unspecified atom stereocenters. The smallest absolute Gasteiger partial charge is 0.248 e. The van der Waals surface area contributed by atoms with Crippen molar-refractivity contribution >= 4 is 29.0 Å². The molecule has 98 valence electrons. The number of carbonyl (C=O) groups is 1. The number of amides is 1. The van der Waals surface area contributed by atoms with E-state index in [1.807, 2.05) is 0 Å². The summed E-state index contributed by atoms with van der Waals surface area (Å²) in [6.45, 7) is 0.497. The second-order valence-electron chi connectivity index (χ2n) is 3.84. The Hall–Kier alpha value is -2.34. The van der Waals surface area contributed by atoms with E-state index in [1.165, 1.54) is 6.33 Å². The van der Waals surface area contributed by atoms with Crippen LogP contribution < -0.4 is 16.8 Å². The van der Waals surface area contributed by atoms with Gasteiger partial charge in [-0.05, 0) is 17.7 Å². The maximum absolute atomic E-state index is 10.9. The molecule has 0 fully saturated rings. The van der Waals surface area contributed by atoms with E-state index in [-0.39, 0.29) is 5.15 Å². The zero-order valence-electron chi connectivity index (χ0n) is 9.93. The predicted octanol–water partition coefficient (Wildman–Crippen LogP) is 1.42. The SMILES string of the molecule is NC(=O)c1ccc(CNc2ncnc(Cl)c2N)cc1. The molecule has 0 radical (unpaired) electrons. The van der Waals surface area contributed by atoms with Crippen LogP contribution in [0, 0.1) is 0 Å². The summed E-state index contributed by atoms with van der Waals surface area (Å²) >= 11 is 5.78. The van der Waals surface area contributed by atoms with Crippen molar-refractivity contribution in [3.63, 3.8) is 0 Å². The first kappa shape index (κ1) is 13.1. The summed E-state index contributed by atoms with van der Waals surface area (Å²) < 4.78 is 0. The first-order valence-electron chi connectivity index (χ1n) is 5.46. The van der Waals surface area contributed by atoms with Crippen LogP contribution >= 0.6 is 11.6 Å². The van der Waals surface area contributed by atoms with Gasteiger partial charge in [0.1, 0.15) is 12.0 Å². The van der Waals surface area contributed by atoms with Gasteiger partial charge in [-0.3, -0.25) is 4.79 Å². The monoisotopic (exact) mass is 277 g/mol. The number of primary amides is 1. The normalized spacial score (nSPS) is 10.2. The molecule has 5 N–H and O–H groups in total. The zero-order valence-corrected chi connectivity index (χ0v) is 10.7. The second kappa shape index (κ2) is 5.53. The quantitative estimate of drug-likeness (QED) is 0.733. The van der Waals surface area contributed by atoms with Crippen molar-refractivity contribution in [3.05, 3.63) is 46.9 Å². The average molecular weight is 278 g/mol. The highest BCUT2D eigenvalue weighted by atomic mass is 35.5. The van der Waals surface area contributed by atoms with E-state index in [0.717, 1.165) is 5.56 Å². The van der Waals surface area contributed by atoms with Crippen LogP contribution in [0.25, 0.3) is 0 Å². The molecule has 7 heteroatoms. The summed E-state index contributed by atoms with van der Waals surface area (Å²) in [5, 5.41) is 3.25. The van der Waals surface area contributed by atoms with E-state index in [9.17, 15) is 4.79 Å². The Balaban J connectivity index is 2.06. The van der Waals surface area contributed by atoms with E-state index >= 15 is 0 Å². The minimum atomic E-state index is -0.452. The van der Waals surface area contributed by atoms with E-state index in [1.54, 1.807) is 24.3 Å². The summed E-state index contributed by atoms with van der Waals surface area (Å²) in [6.07, 6.45) is 1.33. The van der Waals surface area contributed by atoms with Crippen molar-refractivity contribution in [3.8, 4) is 0 Å². The van der Waals surface area contributed by atoms with Gasteiger partial charge in [0.15, 0.2) is 11.0 Å². The van der Waals surface area contributed by atoms with Gasteiger partial charge in [0.25, 0.3) is 0 Å². The number of aromatic nitrogens is 2. The van der Waals surface area contributed by atoms with Crippen LogP contribution in [-0.4, -0.2) is 15.9 Å². The molecular weight excluding hydrogens is 266 g/mol. The standard InChI is InChI=1S/C12H12ClN5O/c13-10-9(14)12(18-6-17-10)16-5-7-1-3-8(4-2-7)11(15)19/h1-4,6H,5,14H2,(H2,15,19)(H,16,17,18). The molecule has 1 amide bonds. The number of halogens is 1. The maximum atomic E-state index is 10.9. The molecule has 0 aliphatic rings. The highest BCUT2D eigenvalue weighted by Crippen LogP contribution is 2.22. The Kier molecular flexibility index (Phi) is 3.82. The predicted molar refractivity (Wildman–Crippen MR) is 73.7 cm³/mol. The molecule has 19 heavy (non-hydrogen) atoms. The number of nitrogens with two attached hydrogens (primary N) is 2. The average Bonchev–Trinajstić information content (AvgIpc) is 2.41. The fraction of sp³-hybridized carbons (Fsp3) is 0.0833. The van der Waals surface area contributed by atoms with Gasteiger partial charge in [0.2, 0.25) is 5.91 Å². The Bertz CT molecular complexity index is 600. The van der Waals surface area contributed by atoms with Crippen molar-refractivity contribution in [2.45, 2.75) is 6.54 Å². The van der Waals surface area contributed by atoms with Gasteiger partial charge in [0.05, 0.1) is 0 Å². The second-order valence-corrected chi connectivity index (χ2v) is 4.20. The van der Waals surface area contributed by atoms with Gasteiger partial charge in [-0.1, -0.05) is 23.7 Å². The van der Waals surface area contributed by atoms with Crippen LogP contribution in [0.5, 0.6) is 0 Å². The van der Waals surface area contributed by atoms with Crippen LogP contribution in [0.2, 0.25) is 5.15 Å². The summed E-state index contributed by atoms with van der Waals surface area (Å²) in [7, 11) is 0. The minimum absolute atomic E-state index is 0.210. The first-order valence-corrected chi connectivity index (χ1v) is 5.84. The molecule has 0 spiro atoms. The van der Waals surface area contributed by atoms with Gasteiger partial charge in [-0.2, -0.15) is 0 Å². The number of nitrogen functional groups attached to an aromatic ring is 1. The molecule has 0 bridgehead atoms. The molecule has 0 aliphatic carbocycles. The number of hydrogen-bond donors (Lipinski definition) is 3. The highest BCUT2D eigenvalue weighted by Gasteiger charge is 2.05. The van der Waals surface area contributed by atoms with Crippen LogP contribution in [0.4, 0.5) is 11.5 Å². The molecule has 0 aliphatic heterocycles. The Labute approximate surface area is 114 Å². The number of nitrogens with one attached hydrogen (secondary N) is 1. The number of carbonyl (C=O) groups excluding carboxylic acids is 1. The van der Waals surface area contributed by atoms with Crippen molar-refractivity contribution in [1.82, 2.24) is 9.97 Å². The van der Waals surface area contributed by atoms with E-state index < -0.39 is 5.91 Å². The number of hydrogen-bond acceptors (Lipinski definition) is 5. The fourth-order valence-electron chi connectivity index (χ4n) is 1.49. The van der Waals surface area contributed by atoms with E-state index in [0.29, 0.717) is 23.6 Å². The summed E-state index contributed by atoms with van der Waals surface area (Å²) in [5.41, 5.74) is 12.6. The number of anilines is 2. The molecule has 2 aromatic rings. The van der Waals surface area contributed by atoms with Gasteiger partial charge in [0, 0.05) is 12.1 Å². The molecule has 0 saturated carbocycles. The van der Waals surface area contributed by atoms with Crippen LogP contribution in [0.1, 0.15) is 15.9 Å². The lowest BCUT2D eigenvalue weighted by molar-refractivity contribution is 0.100. The molecule has 2 rings (SSSR count). The van der Waals surface area contributed by atoms with Crippen LogP contribution in [0.15, 0.2) is 30.6 Å². The number of benzene rings is 1. The fourth-order valence-corrected chi connectivity index (χ4v) is 1.62. The third kappa shape index (κ3) is 3.11. The molecule has 0 atom stereocenters. The largest absolute Gasteiger partial charge is 0.393 e. The van der Waals surface area contributed by atoms with E-state index in [2.05, 4.69) is 15.3 Å². The van der Waals surface area contributed by atoms with Crippen LogP contribution in [0.3, 0.4) is 0 Å². The van der Waals surface area contributed by atoms with Gasteiger partial charge in [-0.25, -0.2) is 9.97 Å². The molecule has 1 heterocycles.